The average Bonchev–Trinajstić information content (AvgIpc) is 2.41. The van der Waals surface area contributed by atoms with Crippen LogP contribution in [0.4, 0.5) is 0 Å². The fourth-order valence-electron chi connectivity index (χ4n) is 1.73. The number of hydrogen-bond acceptors (Lipinski definition) is 3. The SMILES string of the molecule is CCOc1ccc(Oc2cccc(Br)c2C(N)=S)cc1. The van der Waals surface area contributed by atoms with Gasteiger partial charge in [-0.2, -0.15) is 0 Å². The number of nitrogens with two attached hydrogens (primary N) is 1. The first-order valence-corrected chi connectivity index (χ1v) is 7.31. The van der Waals surface area contributed by atoms with Crippen LogP contribution in [0.25, 0.3) is 0 Å². The summed E-state index contributed by atoms with van der Waals surface area (Å²) < 4.78 is 12.0. The van der Waals surface area contributed by atoms with E-state index in [2.05, 4.69) is 15.9 Å². The van der Waals surface area contributed by atoms with Gasteiger partial charge in [0.2, 0.25) is 0 Å². The Morgan fingerprint density at radius 3 is 2.40 bits per heavy atom. The van der Waals surface area contributed by atoms with Gasteiger partial charge in [-0.25, -0.2) is 0 Å². The first-order valence-electron chi connectivity index (χ1n) is 6.11. The van der Waals surface area contributed by atoms with E-state index in [0.717, 1.165) is 10.2 Å². The highest BCUT2D eigenvalue weighted by atomic mass is 79.9. The lowest BCUT2D eigenvalue weighted by molar-refractivity contribution is 0.339. The first kappa shape index (κ1) is 14.8. The predicted molar refractivity (Wildman–Crippen MR) is 87.7 cm³/mol. The van der Waals surface area contributed by atoms with Crippen molar-refractivity contribution in [3.05, 3.63) is 52.5 Å². The molecule has 0 saturated carbocycles. The van der Waals surface area contributed by atoms with E-state index in [9.17, 15) is 0 Å². The maximum absolute atomic E-state index is 5.83. The molecule has 5 heteroatoms. The van der Waals surface area contributed by atoms with Gasteiger partial charge in [0.15, 0.2) is 0 Å². The maximum Gasteiger partial charge on any atom is 0.138 e. The number of benzene rings is 2. The summed E-state index contributed by atoms with van der Waals surface area (Å²) in [6, 6.07) is 13.0. The minimum absolute atomic E-state index is 0.290. The van der Waals surface area contributed by atoms with Crippen LogP contribution >= 0.6 is 28.1 Å². The molecule has 0 aliphatic rings. The number of thiocarbonyl (C=S) groups is 1. The third-order valence-corrected chi connectivity index (χ3v) is 3.45. The lowest BCUT2D eigenvalue weighted by atomic mass is 10.2. The molecule has 3 nitrogen and oxygen atoms in total. The molecular weight excluding hydrogens is 338 g/mol. The van der Waals surface area contributed by atoms with E-state index in [1.165, 1.54) is 0 Å². The van der Waals surface area contributed by atoms with Gasteiger partial charge in [-0.15, -0.1) is 0 Å². The van der Waals surface area contributed by atoms with Crippen LogP contribution in [0.15, 0.2) is 46.9 Å². The molecule has 0 aliphatic carbocycles. The van der Waals surface area contributed by atoms with Crippen LogP contribution in [0.1, 0.15) is 12.5 Å². The zero-order chi connectivity index (χ0) is 14.5. The molecule has 0 aromatic heterocycles. The van der Waals surface area contributed by atoms with Crippen molar-refractivity contribution in [1.82, 2.24) is 0 Å². The molecule has 2 aromatic carbocycles. The number of rotatable bonds is 5. The first-order chi connectivity index (χ1) is 9.61. The number of halogens is 1. The molecule has 0 atom stereocenters. The molecule has 2 aromatic rings. The Hall–Kier alpha value is -1.59. The van der Waals surface area contributed by atoms with E-state index in [1.54, 1.807) is 0 Å². The molecule has 0 unspecified atom stereocenters. The van der Waals surface area contributed by atoms with Gasteiger partial charge in [-0.3, -0.25) is 0 Å². The molecule has 0 spiro atoms. The fourth-order valence-corrected chi connectivity index (χ4v) is 2.63. The van der Waals surface area contributed by atoms with Gasteiger partial charge in [0.05, 0.1) is 12.2 Å². The Kier molecular flexibility index (Phi) is 4.98. The lowest BCUT2D eigenvalue weighted by Crippen LogP contribution is -2.11. The minimum atomic E-state index is 0.290. The van der Waals surface area contributed by atoms with Crippen LogP contribution < -0.4 is 15.2 Å². The standard InChI is InChI=1S/C15H14BrNO2S/c1-2-18-10-6-8-11(9-7-10)19-13-5-3-4-12(16)14(13)15(17)20/h3-9H,2H2,1H3,(H2,17,20). The summed E-state index contributed by atoms with van der Waals surface area (Å²) in [4.78, 5) is 0.290. The predicted octanol–water partition coefficient (Wildman–Crippen LogP) is 4.27. The van der Waals surface area contributed by atoms with E-state index < -0.39 is 0 Å². The summed E-state index contributed by atoms with van der Waals surface area (Å²) >= 11 is 8.48. The summed E-state index contributed by atoms with van der Waals surface area (Å²) in [6.45, 7) is 2.58. The van der Waals surface area contributed by atoms with Gasteiger partial charge >= 0.3 is 0 Å². The third kappa shape index (κ3) is 3.49. The molecule has 0 bridgehead atoms. The van der Waals surface area contributed by atoms with Crippen molar-refractivity contribution in [2.24, 2.45) is 5.73 Å². The van der Waals surface area contributed by atoms with Crippen LogP contribution in [0.2, 0.25) is 0 Å². The van der Waals surface area contributed by atoms with Crippen molar-refractivity contribution >= 4 is 33.1 Å². The van der Waals surface area contributed by atoms with Crippen molar-refractivity contribution < 1.29 is 9.47 Å². The monoisotopic (exact) mass is 351 g/mol. The van der Waals surface area contributed by atoms with Crippen LogP contribution in [0.3, 0.4) is 0 Å². The normalized spacial score (nSPS) is 10.1. The summed E-state index contributed by atoms with van der Waals surface area (Å²) in [7, 11) is 0. The maximum atomic E-state index is 5.83. The van der Waals surface area contributed by atoms with Gasteiger partial charge in [-0.05, 0) is 59.3 Å². The quantitative estimate of drug-likeness (QED) is 0.816. The zero-order valence-corrected chi connectivity index (χ0v) is 13.3. The topological polar surface area (TPSA) is 44.5 Å². The van der Waals surface area contributed by atoms with Crippen molar-refractivity contribution in [2.75, 3.05) is 6.61 Å². The molecule has 0 amide bonds. The van der Waals surface area contributed by atoms with E-state index in [0.29, 0.717) is 28.7 Å². The molecule has 20 heavy (non-hydrogen) atoms. The molecule has 0 fully saturated rings. The van der Waals surface area contributed by atoms with Gasteiger partial charge in [0.1, 0.15) is 22.2 Å². The fraction of sp³-hybridized carbons (Fsp3) is 0.133. The molecular formula is C15H14BrNO2S. The van der Waals surface area contributed by atoms with E-state index in [1.807, 2.05) is 49.4 Å². The molecule has 0 aliphatic heterocycles. The summed E-state index contributed by atoms with van der Waals surface area (Å²) in [5.41, 5.74) is 6.43. The summed E-state index contributed by atoms with van der Waals surface area (Å²) in [6.07, 6.45) is 0. The molecule has 2 rings (SSSR count). The summed E-state index contributed by atoms with van der Waals surface area (Å²) in [5, 5.41) is 0. The second-order valence-electron chi connectivity index (χ2n) is 3.98. The Morgan fingerprint density at radius 1 is 1.15 bits per heavy atom. The second-order valence-corrected chi connectivity index (χ2v) is 5.28. The van der Waals surface area contributed by atoms with Crippen LogP contribution in [-0.4, -0.2) is 11.6 Å². The van der Waals surface area contributed by atoms with Crippen LogP contribution in [0.5, 0.6) is 17.2 Å². The molecule has 104 valence electrons. The zero-order valence-electron chi connectivity index (χ0n) is 10.9. The van der Waals surface area contributed by atoms with Crippen LogP contribution in [0, 0.1) is 0 Å². The Morgan fingerprint density at radius 2 is 1.80 bits per heavy atom. The van der Waals surface area contributed by atoms with Gasteiger partial charge in [-0.1, -0.05) is 18.3 Å². The van der Waals surface area contributed by atoms with Gasteiger partial charge < -0.3 is 15.2 Å². The van der Waals surface area contributed by atoms with Gasteiger partial charge in [0, 0.05) is 4.47 Å². The second kappa shape index (κ2) is 6.72. The molecule has 0 heterocycles. The van der Waals surface area contributed by atoms with Gasteiger partial charge in [0.25, 0.3) is 0 Å². The Balaban J connectivity index is 2.26. The average molecular weight is 352 g/mol. The van der Waals surface area contributed by atoms with E-state index in [4.69, 9.17) is 27.4 Å². The van der Waals surface area contributed by atoms with Crippen LogP contribution in [-0.2, 0) is 0 Å². The highest BCUT2D eigenvalue weighted by Gasteiger charge is 2.11. The Labute approximate surface area is 131 Å². The van der Waals surface area contributed by atoms with E-state index >= 15 is 0 Å². The smallest absolute Gasteiger partial charge is 0.138 e. The van der Waals surface area contributed by atoms with Crippen molar-refractivity contribution in [1.29, 1.82) is 0 Å². The molecule has 0 saturated heterocycles. The number of hydrogen-bond donors (Lipinski definition) is 1. The highest BCUT2D eigenvalue weighted by Crippen LogP contribution is 2.31. The molecule has 2 N–H and O–H groups in total. The minimum Gasteiger partial charge on any atom is -0.494 e. The highest BCUT2D eigenvalue weighted by molar-refractivity contribution is 9.10. The van der Waals surface area contributed by atoms with Crippen molar-refractivity contribution in [3.8, 4) is 17.2 Å². The third-order valence-electron chi connectivity index (χ3n) is 2.58. The Bertz CT molecular complexity index is 614. The summed E-state index contributed by atoms with van der Waals surface area (Å²) in [5.74, 6) is 2.13. The largest absolute Gasteiger partial charge is 0.494 e. The van der Waals surface area contributed by atoms with E-state index in [-0.39, 0.29) is 0 Å². The number of ether oxygens (including phenoxy) is 2. The lowest BCUT2D eigenvalue weighted by Gasteiger charge is -2.12. The van der Waals surface area contributed by atoms with Crippen molar-refractivity contribution in [2.45, 2.75) is 6.92 Å². The van der Waals surface area contributed by atoms with Crippen molar-refractivity contribution in [3.63, 3.8) is 0 Å². The molecule has 0 radical (unpaired) electrons.